The van der Waals surface area contributed by atoms with Crippen LogP contribution in [0, 0.1) is 0 Å². The third-order valence-electron chi connectivity index (χ3n) is 4.90. The second-order valence-corrected chi connectivity index (χ2v) is 7.00. The molecular weight excluding hydrogens is 388 g/mol. The molecule has 2 N–H and O–H groups in total. The average Bonchev–Trinajstić information content (AvgIpc) is 3.28. The lowest BCUT2D eigenvalue weighted by Gasteiger charge is -2.25. The molecule has 0 aliphatic carbocycles. The SMILES string of the molecule is CC(CO)n1nnnc1-c1cccc(NC(=O)c2cc3c(cn2)CCN(C=O)C3)n1. The number of carbonyl (C=O) groups excluding carboxylic acids is 2. The lowest BCUT2D eigenvalue weighted by Crippen LogP contribution is -2.29. The molecule has 4 rings (SSSR count). The Bertz CT molecular complexity index is 1080. The maximum Gasteiger partial charge on any atom is 0.275 e. The fourth-order valence-corrected chi connectivity index (χ4v) is 3.22. The molecule has 1 unspecified atom stereocenters. The van der Waals surface area contributed by atoms with Crippen molar-refractivity contribution in [1.82, 2.24) is 35.1 Å². The fraction of sp³-hybridized carbons (Fsp3) is 0.316. The molecule has 0 saturated heterocycles. The Labute approximate surface area is 171 Å². The van der Waals surface area contributed by atoms with Crippen molar-refractivity contribution in [3.05, 3.63) is 47.3 Å². The molecule has 1 atom stereocenters. The van der Waals surface area contributed by atoms with Crippen LogP contribution in [0.5, 0.6) is 0 Å². The number of pyridine rings is 2. The minimum absolute atomic E-state index is 0.125. The predicted molar refractivity (Wildman–Crippen MR) is 105 cm³/mol. The molecule has 154 valence electrons. The van der Waals surface area contributed by atoms with E-state index in [1.165, 1.54) is 4.68 Å². The minimum Gasteiger partial charge on any atom is -0.394 e. The summed E-state index contributed by atoms with van der Waals surface area (Å²) in [6.45, 7) is 2.76. The molecule has 1 aliphatic heterocycles. The number of aliphatic hydroxyl groups is 1. The van der Waals surface area contributed by atoms with Crippen molar-refractivity contribution in [2.45, 2.75) is 25.9 Å². The van der Waals surface area contributed by atoms with Gasteiger partial charge in [0.05, 0.1) is 12.6 Å². The van der Waals surface area contributed by atoms with Gasteiger partial charge in [0.1, 0.15) is 17.2 Å². The van der Waals surface area contributed by atoms with Gasteiger partial charge in [0.2, 0.25) is 12.2 Å². The summed E-state index contributed by atoms with van der Waals surface area (Å²) >= 11 is 0. The monoisotopic (exact) mass is 408 g/mol. The molecule has 1 aliphatic rings. The molecule has 30 heavy (non-hydrogen) atoms. The van der Waals surface area contributed by atoms with Gasteiger partial charge in [-0.05, 0) is 53.1 Å². The number of hydrogen-bond donors (Lipinski definition) is 2. The van der Waals surface area contributed by atoms with Crippen LogP contribution in [0.2, 0.25) is 0 Å². The first-order valence-electron chi connectivity index (χ1n) is 9.43. The number of nitrogens with one attached hydrogen (secondary N) is 1. The highest BCUT2D eigenvalue weighted by Gasteiger charge is 2.19. The van der Waals surface area contributed by atoms with Crippen molar-refractivity contribution >= 4 is 18.1 Å². The number of aromatic nitrogens is 6. The lowest BCUT2D eigenvalue weighted by molar-refractivity contribution is -0.118. The summed E-state index contributed by atoms with van der Waals surface area (Å²) in [6.07, 6.45) is 3.21. The molecule has 3 aromatic heterocycles. The Morgan fingerprint density at radius 1 is 1.37 bits per heavy atom. The largest absolute Gasteiger partial charge is 0.394 e. The number of hydrogen-bond acceptors (Lipinski definition) is 8. The standard InChI is InChI=1S/C19H20N8O3/c1-12(10-28)27-18(23-24-25-27)15-3-2-4-17(21-15)22-19(30)16-7-14-9-26(11-29)6-5-13(14)8-20-16/h2-4,7-8,11-12,28H,5-6,9-10H2,1H3,(H,21,22,30). The molecule has 11 nitrogen and oxygen atoms in total. The third kappa shape index (κ3) is 3.87. The van der Waals surface area contributed by atoms with Crippen LogP contribution in [0.1, 0.15) is 34.6 Å². The number of carbonyl (C=O) groups is 2. The van der Waals surface area contributed by atoms with Crippen molar-refractivity contribution in [3.8, 4) is 11.5 Å². The average molecular weight is 408 g/mol. The Balaban J connectivity index is 1.54. The Kier molecular flexibility index (Phi) is 5.44. The number of rotatable bonds is 6. The molecule has 0 fully saturated rings. The molecule has 0 aromatic carbocycles. The van der Waals surface area contributed by atoms with Gasteiger partial charge in [-0.3, -0.25) is 14.6 Å². The number of tetrazole rings is 1. The molecule has 0 spiro atoms. The lowest BCUT2D eigenvalue weighted by atomic mass is 10.0. The van der Waals surface area contributed by atoms with Gasteiger partial charge in [-0.15, -0.1) is 5.10 Å². The zero-order chi connectivity index (χ0) is 21.1. The van der Waals surface area contributed by atoms with Crippen LogP contribution < -0.4 is 5.32 Å². The number of anilines is 1. The number of aliphatic hydroxyl groups excluding tert-OH is 1. The van der Waals surface area contributed by atoms with Crippen LogP contribution in [0.25, 0.3) is 11.5 Å². The fourth-order valence-electron chi connectivity index (χ4n) is 3.22. The summed E-state index contributed by atoms with van der Waals surface area (Å²) < 4.78 is 1.47. The van der Waals surface area contributed by atoms with Gasteiger partial charge in [-0.2, -0.15) is 0 Å². The van der Waals surface area contributed by atoms with Gasteiger partial charge >= 0.3 is 0 Å². The van der Waals surface area contributed by atoms with Crippen LogP contribution in [0.15, 0.2) is 30.5 Å². The van der Waals surface area contributed by atoms with E-state index < -0.39 is 5.91 Å². The second kappa shape index (κ2) is 8.33. The van der Waals surface area contributed by atoms with E-state index in [1.54, 1.807) is 42.3 Å². The first-order chi connectivity index (χ1) is 14.6. The molecule has 4 heterocycles. The van der Waals surface area contributed by atoms with Gasteiger partial charge in [-0.1, -0.05) is 6.07 Å². The van der Waals surface area contributed by atoms with Gasteiger partial charge < -0.3 is 15.3 Å². The van der Waals surface area contributed by atoms with Gasteiger partial charge in [0.15, 0.2) is 0 Å². The Hall–Kier alpha value is -3.73. The Morgan fingerprint density at radius 2 is 2.23 bits per heavy atom. The van der Waals surface area contributed by atoms with E-state index in [0.29, 0.717) is 36.8 Å². The smallest absolute Gasteiger partial charge is 0.275 e. The van der Waals surface area contributed by atoms with Crippen LogP contribution in [0.4, 0.5) is 5.82 Å². The highest BCUT2D eigenvalue weighted by Crippen LogP contribution is 2.20. The number of amides is 2. The molecule has 0 saturated carbocycles. The van der Waals surface area contributed by atoms with Crippen molar-refractivity contribution in [3.63, 3.8) is 0 Å². The summed E-state index contributed by atoms with van der Waals surface area (Å²) in [5.74, 6) is 0.292. The maximum absolute atomic E-state index is 12.7. The van der Waals surface area contributed by atoms with Gasteiger partial charge in [-0.25, -0.2) is 9.67 Å². The van der Waals surface area contributed by atoms with Crippen molar-refractivity contribution in [1.29, 1.82) is 0 Å². The van der Waals surface area contributed by atoms with Crippen LogP contribution in [-0.4, -0.2) is 65.7 Å². The number of nitrogens with zero attached hydrogens (tertiary/aromatic N) is 7. The first kappa shape index (κ1) is 19.6. The van der Waals surface area contributed by atoms with E-state index in [0.717, 1.165) is 17.5 Å². The molecule has 3 aromatic rings. The van der Waals surface area contributed by atoms with Crippen LogP contribution in [0.3, 0.4) is 0 Å². The zero-order valence-electron chi connectivity index (χ0n) is 16.3. The van der Waals surface area contributed by atoms with Crippen molar-refractivity contribution in [2.75, 3.05) is 18.5 Å². The molecular formula is C19H20N8O3. The third-order valence-corrected chi connectivity index (χ3v) is 4.90. The predicted octanol–water partition coefficient (Wildman–Crippen LogP) is 0.450. The zero-order valence-corrected chi connectivity index (χ0v) is 16.3. The van der Waals surface area contributed by atoms with E-state index in [-0.39, 0.29) is 18.3 Å². The summed E-state index contributed by atoms with van der Waals surface area (Å²) in [6, 6.07) is 6.47. The Morgan fingerprint density at radius 3 is 3.03 bits per heavy atom. The molecule has 2 amide bonds. The molecule has 0 radical (unpaired) electrons. The van der Waals surface area contributed by atoms with E-state index in [1.807, 2.05) is 0 Å². The van der Waals surface area contributed by atoms with E-state index in [9.17, 15) is 14.7 Å². The van der Waals surface area contributed by atoms with Gasteiger partial charge in [0.25, 0.3) is 5.91 Å². The summed E-state index contributed by atoms with van der Waals surface area (Å²) in [5.41, 5.74) is 2.65. The quantitative estimate of drug-likeness (QED) is 0.561. The normalized spacial score (nSPS) is 14.1. The highest BCUT2D eigenvalue weighted by atomic mass is 16.3. The van der Waals surface area contributed by atoms with Crippen LogP contribution >= 0.6 is 0 Å². The first-order valence-corrected chi connectivity index (χ1v) is 9.43. The maximum atomic E-state index is 12.7. The van der Waals surface area contributed by atoms with Crippen molar-refractivity contribution < 1.29 is 14.7 Å². The van der Waals surface area contributed by atoms with E-state index >= 15 is 0 Å². The summed E-state index contributed by atoms with van der Waals surface area (Å²) in [7, 11) is 0. The number of fused-ring (bicyclic) bond motifs is 1. The molecule has 0 bridgehead atoms. The van der Waals surface area contributed by atoms with E-state index in [4.69, 9.17) is 0 Å². The molecule has 11 heteroatoms. The minimum atomic E-state index is -0.408. The second-order valence-electron chi connectivity index (χ2n) is 7.00. The van der Waals surface area contributed by atoms with Crippen molar-refractivity contribution in [2.24, 2.45) is 0 Å². The summed E-state index contributed by atoms with van der Waals surface area (Å²) in [4.78, 5) is 34.1. The van der Waals surface area contributed by atoms with Crippen LogP contribution in [-0.2, 0) is 17.8 Å². The van der Waals surface area contributed by atoms with E-state index in [2.05, 4.69) is 30.8 Å². The summed E-state index contributed by atoms with van der Waals surface area (Å²) in [5, 5.41) is 23.6. The topological polar surface area (TPSA) is 139 Å². The van der Waals surface area contributed by atoms with Gasteiger partial charge in [0, 0.05) is 19.3 Å². The highest BCUT2D eigenvalue weighted by molar-refractivity contribution is 6.02.